The Labute approximate surface area is 149 Å². The maximum atomic E-state index is 12.0. The highest BCUT2D eigenvalue weighted by Crippen LogP contribution is 2.20. The highest BCUT2D eigenvalue weighted by atomic mass is 35.5. The van der Waals surface area contributed by atoms with Gasteiger partial charge in [0.15, 0.2) is 6.61 Å². The molecule has 0 heterocycles. The number of rotatable bonds is 6. The Bertz CT molecular complexity index is 750. The third-order valence-electron chi connectivity index (χ3n) is 3.24. The van der Waals surface area contributed by atoms with Gasteiger partial charge in [0.25, 0.3) is 5.91 Å². The van der Waals surface area contributed by atoms with E-state index in [1.807, 2.05) is 0 Å². The van der Waals surface area contributed by atoms with Crippen LogP contribution in [0.4, 0.5) is 5.69 Å². The molecule has 0 atom stereocenters. The fourth-order valence-electron chi connectivity index (χ4n) is 2.00. The Kier molecular flexibility index (Phi) is 6.46. The van der Waals surface area contributed by atoms with Crippen LogP contribution in [0, 0.1) is 0 Å². The zero-order valence-corrected chi connectivity index (χ0v) is 14.4. The highest BCUT2D eigenvalue weighted by Gasteiger charge is 2.13. The van der Waals surface area contributed by atoms with E-state index in [0.29, 0.717) is 21.3 Å². The molecule has 0 saturated carbocycles. The van der Waals surface area contributed by atoms with Gasteiger partial charge in [0, 0.05) is 29.3 Å². The van der Waals surface area contributed by atoms with Crippen LogP contribution in [-0.2, 0) is 16.1 Å². The van der Waals surface area contributed by atoms with E-state index in [1.54, 1.807) is 49.5 Å². The molecule has 0 saturated heterocycles. The minimum absolute atomic E-state index is 0.222. The van der Waals surface area contributed by atoms with Crippen LogP contribution in [-0.4, -0.2) is 25.5 Å². The molecule has 0 aliphatic rings. The number of esters is 1. The summed E-state index contributed by atoms with van der Waals surface area (Å²) in [6.07, 6.45) is 0. The largest absolute Gasteiger partial charge is 0.452 e. The predicted octanol–water partition coefficient (Wildman–Crippen LogP) is 3.51. The summed E-state index contributed by atoms with van der Waals surface area (Å²) in [7, 11) is 1.70. The van der Waals surface area contributed by atoms with Crippen molar-refractivity contribution in [1.29, 1.82) is 0 Å². The van der Waals surface area contributed by atoms with E-state index >= 15 is 0 Å². The molecular formula is C17H16Cl2N2O3. The van der Waals surface area contributed by atoms with E-state index in [-0.39, 0.29) is 13.2 Å². The summed E-state index contributed by atoms with van der Waals surface area (Å²) >= 11 is 11.8. The second-order valence-electron chi connectivity index (χ2n) is 4.88. The van der Waals surface area contributed by atoms with Crippen molar-refractivity contribution in [2.75, 3.05) is 19.0 Å². The first-order chi connectivity index (χ1) is 11.5. The molecule has 7 heteroatoms. The first-order valence-corrected chi connectivity index (χ1v) is 7.91. The van der Waals surface area contributed by atoms with Crippen molar-refractivity contribution in [2.45, 2.75) is 6.54 Å². The fourth-order valence-corrected chi connectivity index (χ4v) is 2.47. The van der Waals surface area contributed by atoms with Gasteiger partial charge >= 0.3 is 5.97 Å². The average Bonchev–Trinajstić information content (AvgIpc) is 2.58. The molecule has 0 fully saturated rings. The molecule has 2 aromatic rings. The van der Waals surface area contributed by atoms with Crippen molar-refractivity contribution < 1.29 is 14.3 Å². The number of benzene rings is 2. The summed E-state index contributed by atoms with van der Waals surface area (Å²) in [6, 6.07) is 11.9. The zero-order chi connectivity index (χ0) is 17.5. The van der Waals surface area contributed by atoms with E-state index in [0.717, 1.165) is 5.56 Å². The number of anilines is 1. The first kappa shape index (κ1) is 18.1. The van der Waals surface area contributed by atoms with Crippen LogP contribution in [0.5, 0.6) is 0 Å². The summed E-state index contributed by atoms with van der Waals surface area (Å²) in [6.45, 7) is -0.151. The summed E-state index contributed by atoms with van der Waals surface area (Å²) in [4.78, 5) is 23.8. The van der Waals surface area contributed by atoms with E-state index in [4.69, 9.17) is 27.9 Å². The minimum Gasteiger partial charge on any atom is -0.452 e. The molecule has 1 amide bonds. The molecule has 5 nitrogen and oxygen atoms in total. The lowest BCUT2D eigenvalue weighted by atomic mass is 10.2. The van der Waals surface area contributed by atoms with Gasteiger partial charge in [-0.3, -0.25) is 4.79 Å². The molecule has 0 aliphatic heterocycles. The monoisotopic (exact) mass is 366 g/mol. The number of hydrogen-bond acceptors (Lipinski definition) is 4. The normalized spacial score (nSPS) is 10.1. The van der Waals surface area contributed by atoms with Gasteiger partial charge in [0.05, 0.1) is 5.56 Å². The molecule has 2 rings (SSSR count). The van der Waals surface area contributed by atoms with Crippen LogP contribution in [0.1, 0.15) is 15.9 Å². The van der Waals surface area contributed by atoms with Gasteiger partial charge in [0.1, 0.15) is 0 Å². The standard InChI is InChI=1S/C17H16Cl2N2O3/c1-20-15-5-3-2-4-13(15)17(23)24-10-16(22)21-9-11-6-7-12(18)8-14(11)19/h2-8,20H,9-10H2,1H3,(H,21,22). The van der Waals surface area contributed by atoms with Gasteiger partial charge in [-0.1, -0.05) is 41.4 Å². The number of para-hydroxylation sites is 1. The lowest BCUT2D eigenvalue weighted by Crippen LogP contribution is -2.28. The van der Waals surface area contributed by atoms with Gasteiger partial charge in [-0.25, -0.2) is 4.79 Å². The Balaban J connectivity index is 1.85. The minimum atomic E-state index is -0.570. The maximum absolute atomic E-state index is 12.0. The average molecular weight is 367 g/mol. The quantitative estimate of drug-likeness (QED) is 0.767. The molecule has 0 aromatic heterocycles. The summed E-state index contributed by atoms with van der Waals surface area (Å²) < 4.78 is 5.03. The third-order valence-corrected chi connectivity index (χ3v) is 3.83. The molecule has 0 spiro atoms. The summed E-state index contributed by atoms with van der Waals surface area (Å²) in [5.41, 5.74) is 1.73. The lowest BCUT2D eigenvalue weighted by Gasteiger charge is -2.10. The topological polar surface area (TPSA) is 67.4 Å². The van der Waals surface area contributed by atoms with Crippen LogP contribution in [0.3, 0.4) is 0 Å². The van der Waals surface area contributed by atoms with Gasteiger partial charge in [-0.15, -0.1) is 0 Å². The van der Waals surface area contributed by atoms with Crippen molar-refractivity contribution in [3.05, 3.63) is 63.6 Å². The molecule has 0 aliphatic carbocycles. The van der Waals surface area contributed by atoms with Crippen molar-refractivity contribution in [3.63, 3.8) is 0 Å². The Morgan fingerprint density at radius 1 is 1.12 bits per heavy atom. The summed E-state index contributed by atoms with van der Waals surface area (Å²) in [5, 5.41) is 6.51. The summed E-state index contributed by atoms with van der Waals surface area (Å²) in [5.74, 6) is -0.990. The smallest absolute Gasteiger partial charge is 0.340 e. The SMILES string of the molecule is CNc1ccccc1C(=O)OCC(=O)NCc1ccc(Cl)cc1Cl. The van der Waals surface area contributed by atoms with Crippen molar-refractivity contribution in [1.82, 2.24) is 5.32 Å². The van der Waals surface area contributed by atoms with Crippen LogP contribution in [0.15, 0.2) is 42.5 Å². The van der Waals surface area contributed by atoms with Gasteiger partial charge in [-0.05, 0) is 29.8 Å². The molecule has 0 unspecified atom stereocenters. The molecule has 2 aromatic carbocycles. The first-order valence-electron chi connectivity index (χ1n) is 7.16. The van der Waals surface area contributed by atoms with Crippen molar-refractivity contribution >= 4 is 40.8 Å². The van der Waals surface area contributed by atoms with Crippen LogP contribution in [0.25, 0.3) is 0 Å². The van der Waals surface area contributed by atoms with Crippen LogP contribution in [0.2, 0.25) is 10.0 Å². The number of ether oxygens (including phenoxy) is 1. The van der Waals surface area contributed by atoms with Gasteiger partial charge in [-0.2, -0.15) is 0 Å². The Morgan fingerprint density at radius 3 is 2.58 bits per heavy atom. The maximum Gasteiger partial charge on any atom is 0.340 e. The molecule has 2 N–H and O–H groups in total. The van der Waals surface area contributed by atoms with E-state index in [2.05, 4.69) is 10.6 Å². The second kappa shape index (κ2) is 8.57. The lowest BCUT2D eigenvalue weighted by molar-refractivity contribution is -0.124. The van der Waals surface area contributed by atoms with E-state index < -0.39 is 11.9 Å². The number of carbonyl (C=O) groups excluding carboxylic acids is 2. The zero-order valence-electron chi connectivity index (χ0n) is 12.9. The van der Waals surface area contributed by atoms with Crippen molar-refractivity contribution in [3.8, 4) is 0 Å². The van der Waals surface area contributed by atoms with Gasteiger partial charge < -0.3 is 15.4 Å². The van der Waals surface area contributed by atoms with Crippen LogP contribution < -0.4 is 10.6 Å². The number of hydrogen-bond donors (Lipinski definition) is 2. The number of carbonyl (C=O) groups is 2. The molecule has 0 radical (unpaired) electrons. The van der Waals surface area contributed by atoms with Gasteiger partial charge in [0.2, 0.25) is 0 Å². The van der Waals surface area contributed by atoms with E-state index in [9.17, 15) is 9.59 Å². The fraction of sp³-hybridized carbons (Fsp3) is 0.176. The number of amides is 1. The van der Waals surface area contributed by atoms with Crippen molar-refractivity contribution in [2.24, 2.45) is 0 Å². The molecule has 0 bridgehead atoms. The molecular weight excluding hydrogens is 351 g/mol. The van der Waals surface area contributed by atoms with E-state index in [1.165, 1.54) is 0 Å². The molecule has 24 heavy (non-hydrogen) atoms. The second-order valence-corrected chi connectivity index (χ2v) is 5.73. The molecule has 126 valence electrons. The Morgan fingerprint density at radius 2 is 1.88 bits per heavy atom. The highest BCUT2D eigenvalue weighted by molar-refractivity contribution is 6.35. The predicted molar refractivity (Wildman–Crippen MR) is 94.6 cm³/mol. The third kappa shape index (κ3) is 4.88. The number of nitrogens with one attached hydrogen (secondary N) is 2. The van der Waals surface area contributed by atoms with Crippen LogP contribution >= 0.6 is 23.2 Å². The number of halogens is 2. The Hall–Kier alpha value is -2.24.